The van der Waals surface area contributed by atoms with Crippen molar-refractivity contribution in [2.45, 2.75) is 122 Å². The van der Waals surface area contributed by atoms with E-state index in [1.165, 1.54) is 31.7 Å². The highest BCUT2D eigenvalue weighted by atomic mass is 19.1. The maximum absolute atomic E-state index is 15.2. The number of carbonyl (C=O) groups excluding carboxylic acids is 1. The second kappa shape index (κ2) is 16.8. The fourth-order valence-electron chi connectivity index (χ4n) is 9.81. The van der Waals surface area contributed by atoms with Crippen LogP contribution in [0, 0.1) is 5.82 Å². The highest BCUT2D eigenvalue weighted by Crippen LogP contribution is 2.42. The summed E-state index contributed by atoms with van der Waals surface area (Å²) in [5, 5.41) is 17.2. The van der Waals surface area contributed by atoms with Gasteiger partial charge in [0.1, 0.15) is 30.2 Å². The number of rotatable bonds is 14. The molecule has 11 nitrogen and oxygen atoms in total. The third kappa shape index (κ3) is 8.00. The lowest BCUT2D eigenvalue weighted by Gasteiger charge is -2.35. The molecule has 0 saturated carbocycles. The van der Waals surface area contributed by atoms with Crippen LogP contribution in [0.2, 0.25) is 0 Å². The summed E-state index contributed by atoms with van der Waals surface area (Å²) >= 11 is 0. The number of aromatic hydroxyl groups is 1. The number of halogens is 2. The van der Waals surface area contributed by atoms with Gasteiger partial charge in [-0.2, -0.15) is 15.1 Å². The minimum Gasteiger partial charge on any atom is -0.508 e. The molecule has 306 valence electrons. The number of unbranched alkanes of at least 4 members (excludes halogenated alkanes) is 5. The van der Waals surface area contributed by atoms with Crippen molar-refractivity contribution in [1.29, 1.82) is 0 Å². The zero-order valence-electron chi connectivity index (χ0n) is 33.9. The molecule has 0 bridgehead atoms. The van der Waals surface area contributed by atoms with Crippen LogP contribution in [0.3, 0.4) is 0 Å². The molecule has 4 aliphatic rings. The standard InChI is InChI=1S/C44H58F2N8O3/c1-4-6-7-8-9-10-17-50(3)42(56)37-23-32-27-52(18-12-20-54(32)49-37)41-35-15-21-51(39-24-33(55)22-30-13-14-36(46)34(5-2)40(30)39)28-38(35)47-43(48-41)57-29-44-16-11-19-53(44)26-31(45)25-44/h13-14,22-24,31,55H,4-12,15-21,25-29H2,1-3H3/t31-,44+/m1/s1. The Hall–Kier alpha value is -4.52. The number of benzene rings is 2. The van der Waals surface area contributed by atoms with E-state index in [2.05, 4.69) is 21.6 Å². The fraction of sp³-hybridized carbons (Fsp3) is 0.591. The number of hydrogen-bond donors (Lipinski definition) is 1. The quantitative estimate of drug-likeness (QED) is 0.130. The topological polar surface area (TPSA) is 103 Å². The zero-order chi connectivity index (χ0) is 39.7. The molecule has 0 radical (unpaired) electrons. The number of anilines is 2. The summed E-state index contributed by atoms with van der Waals surface area (Å²) < 4.78 is 38.4. The molecule has 0 unspecified atom stereocenters. The van der Waals surface area contributed by atoms with E-state index in [-0.39, 0.29) is 29.0 Å². The number of aryl methyl sites for hydroxylation is 2. The normalized spacial score (nSPS) is 20.8. The average Bonchev–Trinajstić information content (AvgIpc) is 3.84. The van der Waals surface area contributed by atoms with E-state index in [4.69, 9.17) is 19.8 Å². The Bertz CT molecular complexity index is 2090. The minimum absolute atomic E-state index is 0.0563. The van der Waals surface area contributed by atoms with Gasteiger partial charge in [-0.25, -0.2) is 8.78 Å². The molecule has 4 aromatic rings. The summed E-state index contributed by atoms with van der Waals surface area (Å²) in [5.74, 6) is 0.612. The third-order valence-corrected chi connectivity index (χ3v) is 12.8. The number of hydrogen-bond acceptors (Lipinski definition) is 9. The second-order valence-corrected chi connectivity index (χ2v) is 16.7. The number of alkyl halides is 1. The van der Waals surface area contributed by atoms with Crippen molar-refractivity contribution in [3.05, 3.63) is 64.4 Å². The minimum atomic E-state index is -0.869. The van der Waals surface area contributed by atoms with Crippen molar-refractivity contribution in [3.63, 3.8) is 0 Å². The van der Waals surface area contributed by atoms with Crippen molar-refractivity contribution in [2.75, 3.05) is 56.2 Å². The lowest BCUT2D eigenvalue weighted by Crippen LogP contribution is -2.43. The Balaban J connectivity index is 1.08. The molecule has 4 aliphatic heterocycles. The Morgan fingerprint density at radius 1 is 1.00 bits per heavy atom. The van der Waals surface area contributed by atoms with Crippen molar-refractivity contribution in [2.24, 2.45) is 0 Å². The maximum atomic E-state index is 15.2. The van der Waals surface area contributed by atoms with Crippen LogP contribution in [0.15, 0.2) is 30.3 Å². The van der Waals surface area contributed by atoms with Crippen LogP contribution in [0.25, 0.3) is 10.8 Å². The molecule has 2 fully saturated rings. The highest BCUT2D eigenvalue weighted by Gasteiger charge is 2.49. The lowest BCUT2D eigenvalue weighted by atomic mass is 9.95. The molecular formula is C44H58F2N8O3. The number of fused-ring (bicyclic) bond motifs is 4. The summed E-state index contributed by atoms with van der Waals surface area (Å²) in [7, 11) is 1.87. The summed E-state index contributed by atoms with van der Waals surface area (Å²) in [6.07, 6.45) is 10.5. The predicted molar refractivity (Wildman–Crippen MR) is 219 cm³/mol. The summed E-state index contributed by atoms with van der Waals surface area (Å²) in [4.78, 5) is 32.1. The van der Waals surface area contributed by atoms with Crippen LogP contribution in [-0.2, 0) is 32.5 Å². The summed E-state index contributed by atoms with van der Waals surface area (Å²) in [6.45, 7) is 9.47. The van der Waals surface area contributed by atoms with Crippen LogP contribution in [-0.4, -0.2) is 98.7 Å². The van der Waals surface area contributed by atoms with Gasteiger partial charge < -0.3 is 24.5 Å². The SMILES string of the molecule is CCCCCCCCN(C)C(=O)c1cc2n(n1)CCCN(c1nc(OC[C@@]34CCCN3C[C@H](F)C4)nc3c1CCN(c1cc(O)cc4ccc(F)c(CC)c14)C3)C2. The summed E-state index contributed by atoms with van der Waals surface area (Å²) in [6, 6.07) is 8.82. The molecule has 2 atom stereocenters. The van der Waals surface area contributed by atoms with Crippen LogP contribution in [0.4, 0.5) is 20.3 Å². The van der Waals surface area contributed by atoms with Gasteiger partial charge in [0.05, 0.1) is 30.0 Å². The predicted octanol–water partition coefficient (Wildman–Crippen LogP) is 7.59. The van der Waals surface area contributed by atoms with Gasteiger partial charge in [0.25, 0.3) is 5.91 Å². The second-order valence-electron chi connectivity index (χ2n) is 16.7. The van der Waals surface area contributed by atoms with Gasteiger partial charge in [-0.15, -0.1) is 0 Å². The van der Waals surface area contributed by atoms with Crippen LogP contribution in [0.5, 0.6) is 11.8 Å². The number of ether oxygens (including phenoxy) is 1. The zero-order valence-corrected chi connectivity index (χ0v) is 33.9. The molecule has 6 heterocycles. The largest absolute Gasteiger partial charge is 0.508 e. The van der Waals surface area contributed by atoms with Gasteiger partial charge >= 0.3 is 6.01 Å². The van der Waals surface area contributed by atoms with Gasteiger partial charge in [-0.05, 0) is 74.2 Å². The van der Waals surface area contributed by atoms with E-state index in [9.17, 15) is 14.3 Å². The van der Waals surface area contributed by atoms with Crippen molar-refractivity contribution < 1.29 is 23.4 Å². The number of amides is 1. The van der Waals surface area contributed by atoms with Crippen LogP contribution in [0.1, 0.15) is 111 Å². The van der Waals surface area contributed by atoms with Crippen LogP contribution >= 0.6 is 0 Å². The average molecular weight is 785 g/mol. The Morgan fingerprint density at radius 2 is 1.84 bits per heavy atom. The molecule has 1 amide bonds. The van der Waals surface area contributed by atoms with Crippen molar-refractivity contribution >= 4 is 28.2 Å². The van der Waals surface area contributed by atoms with E-state index >= 15 is 4.39 Å². The monoisotopic (exact) mass is 784 g/mol. The molecule has 2 aromatic heterocycles. The molecule has 2 aromatic carbocycles. The smallest absolute Gasteiger partial charge is 0.318 e. The molecular weight excluding hydrogens is 727 g/mol. The Labute approximate surface area is 335 Å². The number of phenolic OH excluding ortho intramolecular Hbond substituents is 1. The first kappa shape index (κ1) is 39.3. The molecule has 1 N–H and O–H groups in total. The number of nitrogens with zero attached hydrogens (tertiary/aromatic N) is 8. The van der Waals surface area contributed by atoms with Gasteiger partial charge in [-0.3, -0.25) is 14.4 Å². The molecule has 0 aliphatic carbocycles. The first-order valence-corrected chi connectivity index (χ1v) is 21.3. The third-order valence-electron chi connectivity index (χ3n) is 12.8. The van der Waals surface area contributed by atoms with E-state index in [1.807, 2.05) is 24.7 Å². The fourth-order valence-corrected chi connectivity index (χ4v) is 9.81. The number of phenols is 1. The van der Waals surface area contributed by atoms with Gasteiger partial charge in [-0.1, -0.05) is 52.0 Å². The van der Waals surface area contributed by atoms with E-state index < -0.39 is 6.17 Å². The van der Waals surface area contributed by atoms with E-state index in [0.717, 1.165) is 84.4 Å². The number of aromatic nitrogens is 4. The van der Waals surface area contributed by atoms with Crippen LogP contribution < -0.4 is 14.5 Å². The van der Waals surface area contributed by atoms with Gasteiger partial charge in [0, 0.05) is 68.9 Å². The molecule has 13 heteroatoms. The Morgan fingerprint density at radius 3 is 2.68 bits per heavy atom. The number of carbonyl (C=O) groups is 1. The van der Waals surface area contributed by atoms with Gasteiger partial charge in [0.15, 0.2) is 5.69 Å². The first-order chi connectivity index (χ1) is 27.7. The molecule has 2 saturated heterocycles. The lowest BCUT2D eigenvalue weighted by molar-refractivity contribution is 0.0785. The van der Waals surface area contributed by atoms with Gasteiger partial charge in [0.2, 0.25) is 0 Å². The van der Waals surface area contributed by atoms with E-state index in [0.29, 0.717) is 76.4 Å². The molecule has 57 heavy (non-hydrogen) atoms. The first-order valence-electron chi connectivity index (χ1n) is 21.3. The molecule has 8 rings (SSSR count). The maximum Gasteiger partial charge on any atom is 0.318 e. The summed E-state index contributed by atoms with van der Waals surface area (Å²) in [5.41, 5.74) is 4.30. The van der Waals surface area contributed by atoms with Crippen molar-refractivity contribution in [3.8, 4) is 11.8 Å². The van der Waals surface area contributed by atoms with Crippen molar-refractivity contribution in [1.82, 2.24) is 29.5 Å². The Kier molecular flexibility index (Phi) is 11.6. The molecule has 0 spiro atoms. The van der Waals surface area contributed by atoms with E-state index in [1.54, 1.807) is 23.1 Å². The highest BCUT2D eigenvalue weighted by molar-refractivity contribution is 5.98.